The molecule has 368 valence electrons. The third kappa shape index (κ3) is 33.8. The first kappa shape index (κ1) is 58.7. The van der Waals surface area contributed by atoms with Gasteiger partial charge in [-0.05, 0) is 44.9 Å². The van der Waals surface area contributed by atoms with Gasteiger partial charge in [-0.2, -0.15) is 0 Å². The van der Waals surface area contributed by atoms with Crippen LogP contribution in [0.3, 0.4) is 0 Å². The number of allylic oxidation sites excluding steroid dienone is 4. The number of aliphatic hydroxyl groups excluding tert-OH is 3. The third-order valence-electron chi connectivity index (χ3n) is 12.1. The minimum absolute atomic E-state index is 0.187. The van der Waals surface area contributed by atoms with Crippen molar-refractivity contribution in [1.29, 1.82) is 0 Å². The normalized spacial score (nSPS) is 19.5. The fourth-order valence-electron chi connectivity index (χ4n) is 7.97. The minimum Gasteiger partial charge on any atom is -0.479 e. The number of esters is 2. The Balaban J connectivity index is 2.29. The molecule has 1 aliphatic heterocycles. The Morgan fingerprint density at radius 3 is 1.35 bits per heavy atom. The van der Waals surface area contributed by atoms with E-state index in [0.717, 1.165) is 51.4 Å². The molecule has 11 nitrogen and oxygen atoms in total. The average molecular weight is 895 g/mol. The van der Waals surface area contributed by atoms with Crippen LogP contribution >= 0.6 is 0 Å². The molecule has 1 rings (SSSR count). The highest BCUT2D eigenvalue weighted by Gasteiger charge is 2.47. The Labute approximate surface area is 383 Å². The molecular weight excluding hydrogens is 801 g/mol. The van der Waals surface area contributed by atoms with Crippen molar-refractivity contribution in [2.24, 2.45) is 0 Å². The number of aliphatic carboxylic acids is 1. The van der Waals surface area contributed by atoms with Crippen molar-refractivity contribution in [2.45, 2.75) is 275 Å². The maximum atomic E-state index is 12.8. The van der Waals surface area contributed by atoms with E-state index in [1.165, 1.54) is 148 Å². The SMILES string of the molecule is CCCCC/C=C\C/C=C\CCCCCCCCCCCC(=O)OCC(COC1OC(C(=O)O)C(O)C(O)C1O)OC(=O)CCCCCCCCCCCCCCCCCCCC. The largest absolute Gasteiger partial charge is 0.479 e. The highest BCUT2D eigenvalue weighted by Crippen LogP contribution is 2.23. The summed E-state index contributed by atoms with van der Waals surface area (Å²) in [5, 5.41) is 39.9. The smallest absolute Gasteiger partial charge is 0.335 e. The maximum Gasteiger partial charge on any atom is 0.335 e. The van der Waals surface area contributed by atoms with Crippen molar-refractivity contribution in [1.82, 2.24) is 0 Å². The number of unbranched alkanes of at least 4 members (excludes halogenated alkanes) is 29. The predicted molar refractivity (Wildman–Crippen MR) is 252 cm³/mol. The summed E-state index contributed by atoms with van der Waals surface area (Å²) in [4.78, 5) is 37.0. The van der Waals surface area contributed by atoms with Gasteiger partial charge in [0.25, 0.3) is 0 Å². The van der Waals surface area contributed by atoms with Crippen molar-refractivity contribution in [3.05, 3.63) is 24.3 Å². The summed E-state index contributed by atoms with van der Waals surface area (Å²) in [6, 6.07) is 0. The molecule has 6 atom stereocenters. The number of carboxylic acids is 1. The van der Waals surface area contributed by atoms with Gasteiger partial charge in [-0.15, -0.1) is 0 Å². The lowest BCUT2D eigenvalue weighted by molar-refractivity contribution is -0.298. The fraction of sp³-hybridized carbons (Fsp3) is 0.865. The van der Waals surface area contributed by atoms with Gasteiger partial charge in [-0.3, -0.25) is 9.59 Å². The number of ether oxygens (including phenoxy) is 4. The van der Waals surface area contributed by atoms with Gasteiger partial charge in [0, 0.05) is 12.8 Å². The number of hydrogen-bond donors (Lipinski definition) is 4. The molecule has 4 N–H and O–H groups in total. The zero-order valence-electron chi connectivity index (χ0n) is 40.1. The van der Waals surface area contributed by atoms with E-state index in [1.807, 2.05) is 0 Å². The molecule has 0 aromatic heterocycles. The molecule has 0 bridgehead atoms. The van der Waals surface area contributed by atoms with Gasteiger partial charge in [0.05, 0.1) is 6.61 Å². The van der Waals surface area contributed by atoms with Gasteiger partial charge in [0.15, 0.2) is 18.5 Å². The number of aliphatic hydroxyl groups is 3. The molecule has 0 spiro atoms. The van der Waals surface area contributed by atoms with E-state index in [2.05, 4.69) is 38.2 Å². The van der Waals surface area contributed by atoms with Crippen LogP contribution in [-0.4, -0.2) is 88.4 Å². The molecule has 11 heteroatoms. The quantitative estimate of drug-likeness (QED) is 0.0261. The van der Waals surface area contributed by atoms with Crippen molar-refractivity contribution >= 4 is 17.9 Å². The van der Waals surface area contributed by atoms with Crippen molar-refractivity contribution in [3.8, 4) is 0 Å². The van der Waals surface area contributed by atoms with E-state index >= 15 is 0 Å². The Hall–Kier alpha value is -2.31. The molecule has 0 amide bonds. The predicted octanol–water partition coefficient (Wildman–Crippen LogP) is 12.2. The second-order valence-electron chi connectivity index (χ2n) is 18.0. The lowest BCUT2D eigenvalue weighted by Crippen LogP contribution is -2.60. The zero-order chi connectivity index (χ0) is 46.0. The maximum absolute atomic E-state index is 12.8. The number of hydrogen-bond acceptors (Lipinski definition) is 10. The molecule has 0 aromatic carbocycles. The van der Waals surface area contributed by atoms with Crippen molar-refractivity contribution < 1.29 is 53.8 Å². The van der Waals surface area contributed by atoms with Crippen LogP contribution in [0.5, 0.6) is 0 Å². The molecule has 0 saturated carbocycles. The first-order valence-electron chi connectivity index (χ1n) is 25.9. The summed E-state index contributed by atoms with van der Waals surface area (Å²) in [6.45, 7) is 3.82. The van der Waals surface area contributed by atoms with Crippen LogP contribution in [0.1, 0.15) is 239 Å². The monoisotopic (exact) mass is 895 g/mol. The standard InChI is InChI=1S/C52H94O11/c1-3-5-7-9-11-13-15-17-19-21-23-25-26-28-30-32-34-36-38-40-45(53)60-42-44(43-61-52-49(57)47(55)48(56)50(63-52)51(58)59)62-46(54)41-39-37-35-33-31-29-27-24-22-20-18-16-14-12-10-8-6-4-2/h11,13,17,19,44,47-50,52,55-57H,3-10,12,14-16,18,20-43H2,1-2H3,(H,58,59)/b13-11-,19-17-. The number of carboxylic acid groups (broad SMARTS) is 1. The molecule has 0 aromatic rings. The molecule has 0 radical (unpaired) electrons. The van der Waals surface area contributed by atoms with E-state index < -0.39 is 54.7 Å². The Bertz CT molecular complexity index is 1140. The van der Waals surface area contributed by atoms with Gasteiger partial charge >= 0.3 is 17.9 Å². The lowest BCUT2D eigenvalue weighted by Gasteiger charge is -2.38. The summed E-state index contributed by atoms with van der Waals surface area (Å²) in [5.74, 6) is -2.43. The molecule has 1 heterocycles. The van der Waals surface area contributed by atoms with Crippen LogP contribution in [0.15, 0.2) is 24.3 Å². The molecule has 1 fully saturated rings. The molecular formula is C52H94O11. The second-order valence-corrected chi connectivity index (χ2v) is 18.0. The highest BCUT2D eigenvalue weighted by atomic mass is 16.7. The first-order chi connectivity index (χ1) is 30.7. The van der Waals surface area contributed by atoms with Crippen LogP contribution in [-0.2, 0) is 33.3 Å². The second kappa shape index (κ2) is 42.3. The lowest BCUT2D eigenvalue weighted by atomic mass is 9.99. The van der Waals surface area contributed by atoms with Gasteiger partial charge in [0.1, 0.15) is 24.9 Å². The summed E-state index contributed by atoms with van der Waals surface area (Å²) in [5.41, 5.74) is 0. The van der Waals surface area contributed by atoms with Crippen LogP contribution in [0.4, 0.5) is 0 Å². The molecule has 1 saturated heterocycles. The van der Waals surface area contributed by atoms with Gasteiger partial charge in [0.2, 0.25) is 0 Å². The molecule has 6 unspecified atom stereocenters. The molecule has 63 heavy (non-hydrogen) atoms. The first-order valence-corrected chi connectivity index (χ1v) is 25.9. The summed E-state index contributed by atoms with van der Waals surface area (Å²) in [7, 11) is 0. The third-order valence-corrected chi connectivity index (χ3v) is 12.1. The summed E-state index contributed by atoms with van der Waals surface area (Å²) >= 11 is 0. The number of rotatable bonds is 44. The Kier molecular flexibility index (Phi) is 39.4. The fourth-order valence-corrected chi connectivity index (χ4v) is 7.97. The van der Waals surface area contributed by atoms with E-state index in [0.29, 0.717) is 12.8 Å². The van der Waals surface area contributed by atoms with Crippen LogP contribution < -0.4 is 0 Å². The Morgan fingerprint density at radius 1 is 0.492 bits per heavy atom. The Morgan fingerprint density at radius 2 is 0.889 bits per heavy atom. The van der Waals surface area contributed by atoms with Gasteiger partial charge in [-0.25, -0.2) is 4.79 Å². The van der Waals surface area contributed by atoms with Gasteiger partial charge in [-0.1, -0.05) is 205 Å². The highest BCUT2D eigenvalue weighted by molar-refractivity contribution is 5.73. The van der Waals surface area contributed by atoms with E-state index in [4.69, 9.17) is 18.9 Å². The van der Waals surface area contributed by atoms with Gasteiger partial charge < -0.3 is 39.4 Å². The average Bonchev–Trinajstić information content (AvgIpc) is 3.27. The van der Waals surface area contributed by atoms with Crippen LogP contribution in [0, 0.1) is 0 Å². The van der Waals surface area contributed by atoms with E-state index in [1.54, 1.807) is 0 Å². The minimum atomic E-state index is -1.86. The molecule has 0 aliphatic carbocycles. The molecule has 1 aliphatic rings. The zero-order valence-corrected chi connectivity index (χ0v) is 40.1. The topological polar surface area (TPSA) is 169 Å². The number of carbonyl (C=O) groups excluding carboxylic acids is 2. The summed E-state index contributed by atoms with van der Waals surface area (Å²) < 4.78 is 21.8. The van der Waals surface area contributed by atoms with Crippen LogP contribution in [0.25, 0.3) is 0 Å². The van der Waals surface area contributed by atoms with E-state index in [9.17, 15) is 34.8 Å². The van der Waals surface area contributed by atoms with E-state index in [-0.39, 0.29) is 26.1 Å². The van der Waals surface area contributed by atoms with Crippen molar-refractivity contribution in [3.63, 3.8) is 0 Å². The van der Waals surface area contributed by atoms with Crippen molar-refractivity contribution in [2.75, 3.05) is 13.2 Å². The van der Waals surface area contributed by atoms with Crippen LogP contribution in [0.2, 0.25) is 0 Å². The number of carbonyl (C=O) groups is 3. The summed E-state index contributed by atoms with van der Waals surface area (Å²) in [6.07, 6.45) is 39.4.